The van der Waals surface area contributed by atoms with E-state index < -0.39 is 5.97 Å². The summed E-state index contributed by atoms with van der Waals surface area (Å²) in [4.78, 5) is 27.7. The van der Waals surface area contributed by atoms with Crippen LogP contribution in [0.4, 0.5) is 0 Å². The zero-order chi connectivity index (χ0) is 16.1. The highest BCUT2D eigenvalue weighted by Crippen LogP contribution is 2.22. The maximum atomic E-state index is 12.3. The lowest BCUT2D eigenvalue weighted by Crippen LogP contribution is -2.28. The Bertz CT molecular complexity index is 703. The van der Waals surface area contributed by atoms with Gasteiger partial charge >= 0.3 is 5.97 Å². The van der Waals surface area contributed by atoms with Gasteiger partial charge in [0.2, 0.25) is 0 Å². The van der Waals surface area contributed by atoms with Crippen molar-refractivity contribution in [1.29, 1.82) is 0 Å². The number of pyridine rings is 1. The third-order valence-electron chi connectivity index (χ3n) is 3.10. The number of rotatable bonds is 4. The zero-order valence-corrected chi connectivity index (χ0v) is 13.8. The van der Waals surface area contributed by atoms with E-state index >= 15 is 0 Å². The predicted octanol–water partition coefficient (Wildman–Crippen LogP) is 3.12. The molecular formula is C16H15BrN2O3. The Balaban J connectivity index is 2.16. The Labute approximate surface area is 136 Å². The standard InChI is InChI=1S/C16H15BrN2O3/c1-10(11-6-3-4-7-12(11)17)18-15(20)13-8-5-9-14(19-13)16(21)22-2/h3-10H,1-2H3,(H,18,20)/t10-/m1/s1. The van der Waals surface area contributed by atoms with Crippen molar-refractivity contribution in [2.24, 2.45) is 0 Å². The maximum Gasteiger partial charge on any atom is 0.356 e. The van der Waals surface area contributed by atoms with Crippen molar-refractivity contribution in [3.8, 4) is 0 Å². The molecule has 22 heavy (non-hydrogen) atoms. The number of benzene rings is 1. The molecule has 0 aliphatic heterocycles. The Morgan fingerprint density at radius 1 is 1.14 bits per heavy atom. The van der Waals surface area contributed by atoms with Gasteiger partial charge in [0.25, 0.3) is 5.91 Å². The van der Waals surface area contributed by atoms with Crippen LogP contribution in [-0.4, -0.2) is 24.0 Å². The Kier molecular flexibility index (Phi) is 5.27. The average Bonchev–Trinajstić information content (AvgIpc) is 2.54. The van der Waals surface area contributed by atoms with E-state index in [0.29, 0.717) is 0 Å². The quantitative estimate of drug-likeness (QED) is 0.848. The SMILES string of the molecule is COC(=O)c1cccc(C(=O)N[C@H](C)c2ccccc2Br)n1. The fraction of sp³-hybridized carbons (Fsp3) is 0.188. The van der Waals surface area contributed by atoms with E-state index in [2.05, 4.69) is 31.0 Å². The molecule has 1 amide bonds. The fourth-order valence-corrected chi connectivity index (χ4v) is 2.58. The molecule has 2 rings (SSSR count). The van der Waals surface area contributed by atoms with Gasteiger partial charge in [-0.2, -0.15) is 0 Å². The molecule has 1 aromatic carbocycles. The molecule has 1 N–H and O–H groups in total. The fourth-order valence-electron chi connectivity index (χ4n) is 1.95. The first kappa shape index (κ1) is 16.2. The first-order valence-corrected chi connectivity index (χ1v) is 7.43. The molecular weight excluding hydrogens is 348 g/mol. The highest BCUT2D eigenvalue weighted by molar-refractivity contribution is 9.10. The van der Waals surface area contributed by atoms with E-state index in [0.717, 1.165) is 10.0 Å². The lowest BCUT2D eigenvalue weighted by Gasteiger charge is -2.15. The van der Waals surface area contributed by atoms with Crippen LogP contribution < -0.4 is 5.32 Å². The minimum Gasteiger partial charge on any atom is -0.464 e. The van der Waals surface area contributed by atoms with Crippen molar-refractivity contribution in [3.05, 3.63) is 63.9 Å². The van der Waals surface area contributed by atoms with Crippen molar-refractivity contribution in [2.75, 3.05) is 7.11 Å². The van der Waals surface area contributed by atoms with Crippen molar-refractivity contribution in [3.63, 3.8) is 0 Å². The first-order chi connectivity index (χ1) is 10.5. The Morgan fingerprint density at radius 3 is 2.50 bits per heavy atom. The molecule has 0 radical (unpaired) electrons. The van der Waals surface area contributed by atoms with E-state index in [-0.39, 0.29) is 23.3 Å². The van der Waals surface area contributed by atoms with Gasteiger partial charge in [0, 0.05) is 4.47 Å². The van der Waals surface area contributed by atoms with Gasteiger partial charge in [0.1, 0.15) is 11.4 Å². The largest absolute Gasteiger partial charge is 0.464 e. The molecule has 1 aromatic heterocycles. The van der Waals surface area contributed by atoms with Gasteiger partial charge in [-0.1, -0.05) is 40.2 Å². The summed E-state index contributed by atoms with van der Waals surface area (Å²) in [5, 5.41) is 2.85. The summed E-state index contributed by atoms with van der Waals surface area (Å²) in [5.41, 5.74) is 1.23. The highest BCUT2D eigenvalue weighted by atomic mass is 79.9. The third kappa shape index (κ3) is 3.71. The molecule has 1 heterocycles. The second kappa shape index (κ2) is 7.17. The molecule has 0 saturated carbocycles. The van der Waals surface area contributed by atoms with Crippen LogP contribution in [0.25, 0.3) is 0 Å². The maximum absolute atomic E-state index is 12.3. The van der Waals surface area contributed by atoms with Crippen LogP contribution in [0.5, 0.6) is 0 Å². The minimum atomic E-state index is -0.575. The molecule has 0 unspecified atom stereocenters. The van der Waals surface area contributed by atoms with E-state index in [9.17, 15) is 9.59 Å². The summed E-state index contributed by atoms with van der Waals surface area (Å²) in [6.45, 7) is 1.88. The molecule has 2 aromatic rings. The predicted molar refractivity (Wildman–Crippen MR) is 85.6 cm³/mol. The van der Waals surface area contributed by atoms with Crippen LogP contribution in [0.3, 0.4) is 0 Å². The van der Waals surface area contributed by atoms with Crippen molar-refractivity contribution in [2.45, 2.75) is 13.0 Å². The lowest BCUT2D eigenvalue weighted by atomic mass is 10.1. The average molecular weight is 363 g/mol. The zero-order valence-electron chi connectivity index (χ0n) is 12.2. The van der Waals surface area contributed by atoms with Gasteiger partial charge in [-0.05, 0) is 30.7 Å². The summed E-state index contributed by atoms with van der Waals surface area (Å²) in [6, 6.07) is 12.1. The Hall–Kier alpha value is -2.21. The van der Waals surface area contributed by atoms with E-state index in [1.165, 1.54) is 13.2 Å². The summed E-state index contributed by atoms with van der Waals surface area (Å²) < 4.78 is 5.51. The number of ether oxygens (including phenoxy) is 1. The van der Waals surface area contributed by atoms with Gasteiger partial charge in [-0.25, -0.2) is 9.78 Å². The molecule has 0 spiro atoms. The third-order valence-corrected chi connectivity index (χ3v) is 3.82. The van der Waals surface area contributed by atoms with E-state index in [1.54, 1.807) is 12.1 Å². The van der Waals surface area contributed by atoms with E-state index in [4.69, 9.17) is 0 Å². The molecule has 6 heteroatoms. The normalized spacial score (nSPS) is 11.6. The smallest absolute Gasteiger partial charge is 0.356 e. The number of halogens is 1. The molecule has 5 nitrogen and oxygen atoms in total. The monoisotopic (exact) mass is 362 g/mol. The van der Waals surface area contributed by atoms with Crippen LogP contribution in [0.1, 0.15) is 39.5 Å². The van der Waals surface area contributed by atoms with Gasteiger partial charge in [-0.3, -0.25) is 4.79 Å². The topological polar surface area (TPSA) is 68.3 Å². The molecule has 1 atom stereocenters. The van der Waals surface area contributed by atoms with Gasteiger partial charge < -0.3 is 10.1 Å². The number of amides is 1. The number of esters is 1. The molecule has 0 fully saturated rings. The highest BCUT2D eigenvalue weighted by Gasteiger charge is 2.16. The van der Waals surface area contributed by atoms with Gasteiger partial charge in [0.05, 0.1) is 13.2 Å². The summed E-state index contributed by atoms with van der Waals surface area (Å²) >= 11 is 3.45. The summed E-state index contributed by atoms with van der Waals surface area (Å²) in [7, 11) is 1.27. The van der Waals surface area contributed by atoms with Crippen LogP contribution in [0.2, 0.25) is 0 Å². The Morgan fingerprint density at radius 2 is 1.82 bits per heavy atom. The molecule has 0 bridgehead atoms. The van der Waals surface area contributed by atoms with Crippen LogP contribution in [0, 0.1) is 0 Å². The number of nitrogens with one attached hydrogen (secondary N) is 1. The van der Waals surface area contributed by atoms with Crippen LogP contribution >= 0.6 is 15.9 Å². The second-order valence-corrected chi connectivity index (χ2v) is 5.47. The summed E-state index contributed by atoms with van der Waals surface area (Å²) in [5.74, 6) is -0.928. The van der Waals surface area contributed by atoms with Crippen molar-refractivity contribution in [1.82, 2.24) is 10.3 Å². The molecule has 0 saturated heterocycles. The second-order valence-electron chi connectivity index (χ2n) is 4.62. The summed E-state index contributed by atoms with van der Waals surface area (Å²) in [6.07, 6.45) is 0. The van der Waals surface area contributed by atoms with Gasteiger partial charge in [-0.15, -0.1) is 0 Å². The van der Waals surface area contributed by atoms with Crippen molar-refractivity contribution >= 4 is 27.8 Å². The number of carbonyl (C=O) groups excluding carboxylic acids is 2. The van der Waals surface area contributed by atoms with Crippen LogP contribution in [0.15, 0.2) is 46.9 Å². The van der Waals surface area contributed by atoms with Crippen LogP contribution in [-0.2, 0) is 4.74 Å². The minimum absolute atomic E-state index is 0.101. The number of hydrogen-bond donors (Lipinski definition) is 1. The van der Waals surface area contributed by atoms with Crippen molar-refractivity contribution < 1.29 is 14.3 Å². The number of nitrogens with zero attached hydrogens (tertiary/aromatic N) is 1. The first-order valence-electron chi connectivity index (χ1n) is 6.63. The number of carbonyl (C=O) groups is 2. The van der Waals surface area contributed by atoms with E-state index in [1.807, 2.05) is 31.2 Å². The lowest BCUT2D eigenvalue weighted by molar-refractivity contribution is 0.0594. The molecule has 114 valence electrons. The number of aromatic nitrogens is 1. The number of methoxy groups -OCH3 is 1. The van der Waals surface area contributed by atoms with Gasteiger partial charge in [0.15, 0.2) is 0 Å². The number of hydrogen-bond acceptors (Lipinski definition) is 4. The molecule has 0 aliphatic rings. The molecule has 0 aliphatic carbocycles.